The molecule has 0 atom stereocenters. The highest BCUT2D eigenvalue weighted by Crippen LogP contribution is 2.25. The summed E-state index contributed by atoms with van der Waals surface area (Å²) in [6, 6.07) is 13.1. The summed E-state index contributed by atoms with van der Waals surface area (Å²) in [5.74, 6) is 1.48. The van der Waals surface area contributed by atoms with Gasteiger partial charge in [0.2, 0.25) is 5.88 Å². The second-order valence-corrected chi connectivity index (χ2v) is 4.52. The Balaban J connectivity index is 1.82. The second-order valence-electron chi connectivity index (χ2n) is 4.52. The molecule has 0 amide bonds. The molecule has 0 saturated heterocycles. The molecule has 2 heterocycles. The summed E-state index contributed by atoms with van der Waals surface area (Å²) in [7, 11) is 0. The van der Waals surface area contributed by atoms with Crippen molar-refractivity contribution in [3.8, 4) is 17.1 Å². The molecule has 0 aliphatic carbocycles. The van der Waals surface area contributed by atoms with Crippen LogP contribution in [0.1, 0.15) is 11.3 Å². The van der Waals surface area contributed by atoms with Crippen molar-refractivity contribution in [1.82, 2.24) is 15.4 Å². The van der Waals surface area contributed by atoms with Gasteiger partial charge in [-0.15, -0.1) is 10.2 Å². The van der Waals surface area contributed by atoms with Crippen molar-refractivity contribution in [2.24, 2.45) is 0 Å². The van der Waals surface area contributed by atoms with E-state index >= 15 is 0 Å². The molecule has 0 fully saturated rings. The van der Waals surface area contributed by atoms with Crippen molar-refractivity contribution in [1.29, 1.82) is 0 Å². The summed E-state index contributed by atoms with van der Waals surface area (Å²) in [6.45, 7) is 2.16. The van der Waals surface area contributed by atoms with Crippen LogP contribution in [-0.4, -0.2) is 15.4 Å². The predicted octanol–water partition coefficient (Wildman–Crippen LogP) is 2.60. The number of ether oxygens (including phenoxy) is 1. The van der Waals surface area contributed by atoms with Gasteiger partial charge in [0, 0.05) is 11.6 Å². The van der Waals surface area contributed by atoms with Crippen molar-refractivity contribution in [3.05, 3.63) is 53.8 Å². The molecular formula is C15H14N4O2. The number of benzene rings is 1. The van der Waals surface area contributed by atoms with Crippen molar-refractivity contribution < 1.29 is 9.26 Å². The minimum absolute atomic E-state index is 0.304. The van der Waals surface area contributed by atoms with Crippen LogP contribution >= 0.6 is 0 Å². The Labute approximate surface area is 121 Å². The zero-order chi connectivity index (χ0) is 14.7. The van der Waals surface area contributed by atoms with E-state index in [1.165, 1.54) is 0 Å². The van der Waals surface area contributed by atoms with Gasteiger partial charge >= 0.3 is 0 Å². The highest BCUT2D eigenvalue weighted by Gasteiger charge is 2.15. The Morgan fingerprint density at radius 1 is 1.10 bits per heavy atom. The molecule has 21 heavy (non-hydrogen) atoms. The number of aromatic nitrogens is 3. The molecule has 6 heteroatoms. The maximum Gasteiger partial charge on any atom is 0.233 e. The second kappa shape index (κ2) is 5.62. The molecule has 2 aromatic heterocycles. The number of nitrogens with two attached hydrogens (primary N) is 1. The third kappa shape index (κ3) is 2.84. The van der Waals surface area contributed by atoms with Gasteiger partial charge < -0.3 is 15.0 Å². The Hall–Kier alpha value is -2.89. The fourth-order valence-electron chi connectivity index (χ4n) is 1.94. The average molecular weight is 282 g/mol. The van der Waals surface area contributed by atoms with Gasteiger partial charge in [-0.2, -0.15) is 0 Å². The fourth-order valence-corrected chi connectivity index (χ4v) is 1.94. The molecule has 2 N–H and O–H groups in total. The van der Waals surface area contributed by atoms with Crippen LogP contribution in [0.15, 0.2) is 47.0 Å². The Bertz CT molecular complexity index is 723. The summed E-state index contributed by atoms with van der Waals surface area (Å²) in [4.78, 5) is 0. The Kier molecular flexibility index (Phi) is 3.51. The first-order chi connectivity index (χ1) is 10.2. The lowest BCUT2D eigenvalue weighted by atomic mass is 10.1. The zero-order valence-corrected chi connectivity index (χ0v) is 11.5. The standard InChI is InChI=1S/C15H14N4O2/c1-10-12(9-20-14-8-7-13(16)17-18-14)15(19-21-10)11-5-3-2-4-6-11/h2-8H,9H2,1H3,(H2,16,17). The van der Waals surface area contributed by atoms with Gasteiger partial charge in [-0.25, -0.2) is 0 Å². The Morgan fingerprint density at radius 3 is 2.62 bits per heavy atom. The predicted molar refractivity (Wildman–Crippen MR) is 77.5 cm³/mol. The molecule has 0 aliphatic heterocycles. The number of rotatable bonds is 4. The maximum absolute atomic E-state index is 5.62. The SMILES string of the molecule is Cc1onc(-c2ccccc2)c1COc1ccc(N)nn1. The maximum atomic E-state index is 5.62. The van der Waals surface area contributed by atoms with E-state index in [1.54, 1.807) is 12.1 Å². The number of nitrogen functional groups attached to an aromatic ring is 1. The van der Waals surface area contributed by atoms with E-state index in [4.69, 9.17) is 15.0 Å². The van der Waals surface area contributed by atoms with Crippen LogP contribution in [-0.2, 0) is 6.61 Å². The molecule has 0 radical (unpaired) electrons. The third-order valence-electron chi connectivity index (χ3n) is 3.06. The lowest BCUT2D eigenvalue weighted by Gasteiger charge is -2.05. The van der Waals surface area contributed by atoms with E-state index < -0.39 is 0 Å². The van der Waals surface area contributed by atoms with Crippen LogP contribution in [0.3, 0.4) is 0 Å². The summed E-state index contributed by atoms with van der Waals surface area (Å²) in [5.41, 5.74) is 8.13. The molecule has 106 valence electrons. The van der Waals surface area contributed by atoms with Gasteiger partial charge in [-0.1, -0.05) is 35.5 Å². The highest BCUT2D eigenvalue weighted by atomic mass is 16.5. The number of aryl methyl sites for hydroxylation is 1. The fraction of sp³-hybridized carbons (Fsp3) is 0.133. The Morgan fingerprint density at radius 2 is 1.90 bits per heavy atom. The largest absolute Gasteiger partial charge is 0.472 e. The summed E-state index contributed by atoms with van der Waals surface area (Å²) >= 11 is 0. The molecule has 0 spiro atoms. The van der Waals surface area contributed by atoms with E-state index in [0.29, 0.717) is 18.3 Å². The summed E-state index contributed by atoms with van der Waals surface area (Å²) < 4.78 is 10.9. The van der Waals surface area contributed by atoms with E-state index in [0.717, 1.165) is 22.6 Å². The summed E-state index contributed by atoms with van der Waals surface area (Å²) in [5, 5.41) is 11.7. The topological polar surface area (TPSA) is 87.1 Å². The molecule has 0 saturated carbocycles. The van der Waals surface area contributed by atoms with Gasteiger partial charge in [-0.3, -0.25) is 0 Å². The van der Waals surface area contributed by atoms with Crippen molar-refractivity contribution in [2.45, 2.75) is 13.5 Å². The van der Waals surface area contributed by atoms with Crippen LogP contribution in [0, 0.1) is 6.92 Å². The smallest absolute Gasteiger partial charge is 0.233 e. The first kappa shape index (κ1) is 13.1. The van der Waals surface area contributed by atoms with Crippen LogP contribution in [0.2, 0.25) is 0 Å². The van der Waals surface area contributed by atoms with E-state index in [-0.39, 0.29) is 0 Å². The monoisotopic (exact) mass is 282 g/mol. The van der Waals surface area contributed by atoms with E-state index in [1.807, 2.05) is 37.3 Å². The number of nitrogens with zero attached hydrogens (tertiary/aromatic N) is 3. The summed E-state index contributed by atoms with van der Waals surface area (Å²) in [6.07, 6.45) is 0. The number of hydrogen-bond acceptors (Lipinski definition) is 6. The lowest BCUT2D eigenvalue weighted by molar-refractivity contribution is 0.287. The van der Waals surface area contributed by atoms with Crippen LogP contribution in [0.4, 0.5) is 5.82 Å². The third-order valence-corrected chi connectivity index (χ3v) is 3.06. The normalized spacial score (nSPS) is 10.5. The first-order valence-electron chi connectivity index (χ1n) is 6.46. The minimum atomic E-state index is 0.304. The van der Waals surface area contributed by atoms with Gasteiger partial charge in [0.1, 0.15) is 23.9 Å². The van der Waals surface area contributed by atoms with Crippen molar-refractivity contribution in [2.75, 3.05) is 5.73 Å². The molecule has 6 nitrogen and oxygen atoms in total. The molecule has 0 bridgehead atoms. The van der Waals surface area contributed by atoms with Crippen molar-refractivity contribution in [3.63, 3.8) is 0 Å². The van der Waals surface area contributed by atoms with Gasteiger partial charge in [-0.05, 0) is 13.0 Å². The average Bonchev–Trinajstić information content (AvgIpc) is 2.89. The number of anilines is 1. The van der Waals surface area contributed by atoms with E-state index in [2.05, 4.69) is 15.4 Å². The zero-order valence-electron chi connectivity index (χ0n) is 11.5. The molecule has 3 rings (SSSR count). The van der Waals surface area contributed by atoms with Crippen LogP contribution in [0.5, 0.6) is 5.88 Å². The van der Waals surface area contributed by atoms with Gasteiger partial charge in [0.25, 0.3) is 0 Å². The van der Waals surface area contributed by atoms with Crippen molar-refractivity contribution >= 4 is 5.82 Å². The van der Waals surface area contributed by atoms with Gasteiger partial charge in [0.05, 0.1) is 5.56 Å². The van der Waals surface area contributed by atoms with Crippen LogP contribution < -0.4 is 10.5 Å². The molecule has 0 unspecified atom stereocenters. The molecule has 1 aromatic carbocycles. The number of hydrogen-bond donors (Lipinski definition) is 1. The lowest BCUT2D eigenvalue weighted by Crippen LogP contribution is -2.01. The van der Waals surface area contributed by atoms with Gasteiger partial charge in [0.15, 0.2) is 0 Å². The molecule has 0 aliphatic rings. The van der Waals surface area contributed by atoms with E-state index in [9.17, 15) is 0 Å². The first-order valence-corrected chi connectivity index (χ1v) is 6.46. The molecule has 3 aromatic rings. The quantitative estimate of drug-likeness (QED) is 0.791. The molecular weight excluding hydrogens is 268 g/mol. The highest BCUT2D eigenvalue weighted by molar-refractivity contribution is 5.63. The minimum Gasteiger partial charge on any atom is -0.472 e. The van der Waals surface area contributed by atoms with Crippen LogP contribution in [0.25, 0.3) is 11.3 Å².